The fourth-order valence-electron chi connectivity index (χ4n) is 0.306. The van der Waals surface area contributed by atoms with Crippen LogP contribution in [0.3, 0.4) is 0 Å². The molecule has 0 bridgehead atoms. The molecular weight excluding hydrogens is 119 g/mol. The van der Waals surface area contributed by atoms with Crippen molar-refractivity contribution in [1.82, 2.24) is 0 Å². The van der Waals surface area contributed by atoms with E-state index in [0.29, 0.717) is 6.32 Å². The van der Waals surface area contributed by atoms with Gasteiger partial charge in [-0.05, 0) is 20.9 Å². The smallest absolute Gasteiger partial charge is 0.141 e. The molecule has 0 saturated heterocycles. The monoisotopic (exact) mass is 124 g/mol. The lowest BCUT2D eigenvalue weighted by Crippen LogP contribution is -1.99. The SMILES string of the molecule is CCB(N=[N+]=[N-])N=[N+]=[N-]. The first kappa shape index (κ1) is 7.68. The van der Waals surface area contributed by atoms with Gasteiger partial charge in [-0.2, -0.15) is 0 Å². The molecule has 0 aromatic carbocycles. The Morgan fingerprint density at radius 1 is 1.33 bits per heavy atom. The quantitative estimate of drug-likeness (QED) is 0.238. The van der Waals surface area contributed by atoms with E-state index in [1.807, 2.05) is 0 Å². The minimum Gasteiger partial charge on any atom is -0.141 e. The molecule has 0 heterocycles. The van der Waals surface area contributed by atoms with Gasteiger partial charge >= 0.3 is 6.98 Å². The first-order chi connectivity index (χ1) is 4.35. The maximum absolute atomic E-state index is 7.87. The minimum absolute atomic E-state index is 0.536. The van der Waals surface area contributed by atoms with Crippen molar-refractivity contribution in [3.05, 3.63) is 20.9 Å². The maximum Gasteiger partial charge on any atom is 0.342 e. The second kappa shape index (κ2) is 4.83. The third-order valence-electron chi connectivity index (χ3n) is 0.735. The Kier molecular flexibility index (Phi) is 4.13. The summed E-state index contributed by atoms with van der Waals surface area (Å²) in [6, 6.07) is 0. The number of hydrogen-bond acceptors (Lipinski definition) is 2. The second-order valence-electron chi connectivity index (χ2n) is 1.30. The van der Waals surface area contributed by atoms with Gasteiger partial charge in [-0.1, -0.05) is 13.2 Å². The van der Waals surface area contributed by atoms with Crippen LogP contribution in [0.4, 0.5) is 0 Å². The van der Waals surface area contributed by atoms with Crippen LogP contribution in [0.5, 0.6) is 0 Å². The molecule has 0 saturated carbocycles. The Labute approximate surface area is 52.2 Å². The van der Waals surface area contributed by atoms with Crippen molar-refractivity contribution in [3.8, 4) is 0 Å². The van der Waals surface area contributed by atoms with Crippen molar-refractivity contribution >= 4 is 6.98 Å². The Morgan fingerprint density at radius 2 is 1.78 bits per heavy atom. The summed E-state index contributed by atoms with van der Waals surface area (Å²) >= 11 is 0. The van der Waals surface area contributed by atoms with Gasteiger partial charge < -0.3 is 0 Å². The van der Waals surface area contributed by atoms with Crippen molar-refractivity contribution in [2.24, 2.45) is 10.1 Å². The Hall–Kier alpha value is -1.32. The van der Waals surface area contributed by atoms with Crippen molar-refractivity contribution in [1.29, 1.82) is 0 Å². The van der Waals surface area contributed by atoms with Crippen molar-refractivity contribution < 1.29 is 0 Å². The molecule has 7 heteroatoms. The van der Waals surface area contributed by atoms with Crippen LogP contribution < -0.4 is 0 Å². The summed E-state index contributed by atoms with van der Waals surface area (Å²) in [7, 11) is 0. The molecular formula is C2H5BN6. The molecule has 0 aliphatic carbocycles. The lowest BCUT2D eigenvalue weighted by Gasteiger charge is -1.87. The summed E-state index contributed by atoms with van der Waals surface area (Å²) in [4.78, 5) is 4.97. The number of azide groups is 1. The summed E-state index contributed by atoms with van der Waals surface area (Å²) in [6.07, 6.45) is 0.536. The van der Waals surface area contributed by atoms with Gasteiger partial charge in [-0.15, -0.1) is 10.1 Å². The predicted octanol–water partition coefficient (Wildman–Crippen LogP) is 2.12. The van der Waals surface area contributed by atoms with E-state index in [0.717, 1.165) is 0 Å². The van der Waals surface area contributed by atoms with E-state index in [4.69, 9.17) is 11.1 Å². The van der Waals surface area contributed by atoms with Crippen LogP contribution in [-0.4, -0.2) is 6.98 Å². The molecule has 0 aromatic heterocycles. The fourth-order valence-corrected chi connectivity index (χ4v) is 0.306. The minimum atomic E-state index is -0.569. The van der Waals surface area contributed by atoms with E-state index in [-0.39, 0.29) is 0 Å². The molecule has 0 amide bonds. The van der Waals surface area contributed by atoms with Gasteiger partial charge in [0.05, 0.1) is 0 Å². The van der Waals surface area contributed by atoms with Gasteiger partial charge in [-0.3, -0.25) is 0 Å². The second-order valence-corrected chi connectivity index (χ2v) is 1.30. The highest BCUT2D eigenvalue weighted by atomic mass is 15.2. The molecule has 0 radical (unpaired) electrons. The zero-order valence-electron chi connectivity index (χ0n) is 4.97. The molecule has 6 nitrogen and oxygen atoms in total. The third-order valence-corrected chi connectivity index (χ3v) is 0.735. The zero-order chi connectivity index (χ0) is 7.11. The molecule has 0 N–H and O–H groups in total. The number of nitrogens with zero attached hydrogens (tertiary/aromatic N) is 6. The summed E-state index contributed by atoms with van der Waals surface area (Å²) < 4.78 is 0. The van der Waals surface area contributed by atoms with Gasteiger partial charge in [-0.25, -0.2) is 0 Å². The van der Waals surface area contributed by atoms with Crippen LogP contribution in [0.2, 0.25) is 6.32 Å². The molecule has 0 aliphatic rings. The molecule has 46 valence electrons. The Balaban J connectivity index is 3.97. The predicted molar refractivity (Wildman–Crippen MR) is 34.5 cm³/mol. The zero-order valence-corrected chi connectivity index (χ0v) is 4.97. The van der Waals surface area contributed by atoms with E-state index in [1.165, 1.54) is 0 Å². The van der Waals surface area contributed by atoms with Crippen LogP contribution in [0, 0.1) is 0 Å². The molecule has 0 spiro atoms. The molecule has 9 heavy (non-hydrogen) atoms. The largest absolute Gasteiger partial charge is 0.342 e. The van der Waals surface area contributed by atoms with Crippen LogP contribution in [0.1, 0.15) is 6.92 Å². The van der Waals surface area contributed by atoms with Crippen LogP contribution >= 0.6 is 0 Å². The maximum atomic E-state index is 7.87. The number of rotatable bonds is 3. The fraction of sp³-hybridized carbons (Fsp3) is 1.00. The highest BCUT2D eigenvalue weighted by Crippen LogP contribution is 1.94. The third kappa shape index (κ3) is 3.28. The van der Waals surface area contributed by atoms with Gasteiger partial charge in [0.2, 0.25) is 0 Å². The average Bonchev–Trinajstić information content (AvgIpc) is 1.88. The number of hydrogen-bond donors (Lipinski definition) is 0. The van der Waals surface area contributed by atoms with E-state index >= 15 is 0 Å². The van der Waals surface area contributed by atoms with E-state index in [2.05, 4.69) is 19.9 Å². The molecule has 0 unspecified atom stereocenters. The van der Waals surface area contributed by atoms with Crippen LogP contribution in [-0.2, 0) is 0 Å². The van der Waals surface area contributed by atoms with Gasteiger partial charge in [0, 0.05) is 0 Å². The summed E-state index contributed by atoms with van der Waals surface area (Å²) in [5, 5.41) is 6.38. The highest BCUT2D eigenvalue weighted by molar-refractivity contribution is 6.54. The van der Waals surface area contributed by atoms with E-state index in [1.54, 1.807) is 6.92 Å². The summed E-state index contributed by atoms with van der Waals surface area (Å²) in [6.45, 7) is 1.20. The van der Waals surface area contributed by atoms with Gasteiger partial charge in [0.15, 0.2) is 0 Å². The normalized spacial score (nSPS) is 6.78. The lowest BCUT2D eigenvalue weighted by molar-refractivity contribution is 1.33. The molecule has 0 atom stereocenters. The van der Waals surface area contributed by atoms with E-state index < -0.39 is 6.98 Å². The first-order valence-electron chi connectivity index (χ1n) is 2.43. The molecule has 0 aliphatic heterocycles. The summed E-state index contributed by atoms with van der Waals surface area (Å²) in [5.74, 6) is 0. The van der Waals surface area contributed by atoms with Crippen LogP contribution in [0.15, 0.2) is 10.1 Å². The van der Waals surface area contributed by atoms with Gasteiger partial charge in [0.1, 0.15) is 0 Å². The van der Waals surface area contributed by atoms with Crippen molar-refractivity contribution in [3.63, 3.8) is 0 Å². The topological polar surface area (TPSA) is 97.5 Å². The van der Waals surface area contributed by atoms with E-state index in [9.17, 15) is 0 Å². The Morgan fingerprint density at radius 3 is 2.00 bits per heavy atom. The van der Waals surface area contributed by atoms with Gasteiger partial charge in [0.25, 0.3) is 0 Å². The summed E-state index contributed by atoms with van der Waals surface area (Å²) in [5.41, 5.74) is 15.7. The lowest BCUT2D eigenvalue weighted by atomic mass is 9.77. The standard InChI is InChI=1S/C2H5BN6/c1-2-3(6-8-4)7-9-5/h2H2,1H3. The molecule has 0 rings (SSSR count). The first-order valence-corrected chi connectivity index (χ1v) is 2.43. The Bertz CT molecular complexity index is 146. The van der Waals surface area contributed by atoms with Crippen molar-refractivity contribution in [2.45, 2.75) is 13.2 Å². The highest BCUT2D eigenvalue weighted by Gasteiger charge is 2.03. The molecule has 0 fully saturated rings. The molecule has 0 aromatic rings. The van der Waals surface area contributed by atoms with Crippen LogP contribution in [0.25, 0.3) is 20.9 Å². The van der Waals surface area contributed by atoms with Crippen molar-refractivity contribution in [2.75, 3.05) is 0 Å². The average molecular weight is 124 g/mol.